The molecule has 0 saturated carbocycles. The predicted molar refractivity (Wildman–Crippen MR) is 61.7 cm³/mol. The Balaban J connectivity index is 2.39. The van der Waals surface area contributed by atoms with Gasteiger partial charge in [0, 0.05) is 22.6 Å². The normalized spacial score (nSPS) is 10.5. The maximum absolute atomic E-state index is 11.9. The van der Waals surface area contributed by atoms with Crippen LogP contribution in [-0.2, 0) is 0 Å². The van der Waals surface area contributed by atoms with Gasteiger partial charge in [-0.15, -0.1) is 0 Å². The van der Waals surface area contributed by atoms with Crippen molar-refractivity contribution in [2.75, 3.05) is 18.5 Å². The fraction of sp³-hybridized carbons (Fsp3) is 0.200. The number of hydrogen-bond acceptors (Lipinski definition) is 3. The zero-order chi connectivity index (χ0) is 10.7. The second-order valence-corrected chi connectivity index (χ2v) is 3.84. The number of benzene rings is 1. The van der Waals surface area contributed by atoms with Crippen LogP contribution < -0.4 is 5.32 Å². The third-order valence-corrected chi connectivity index (χ3v) is 2.64. The minimum atomic E-state index is -0.431. The van der Waals surface area contributed by atoms with E-state index in [0.29, 0.717) is 5.95 Å². The molecular weight excluding hydrogens is 261 g/mol. The minimum absolute atomic E-state index is 0.236. The van der Waals surface area contributed by atoms with E-state index in [1.807, 2.05) is 18.2 Å². The summed E-state index contributed by atoms with van der Waals surface area (Å²) in [5.41, 5.74) is 0.834. The molecule has 0 radical (unpaired) electrons. The molecule has 0 saturated heterocycles. The quantitative estimate of drug-likeness (QED) is 0.931. The number of aromatic nitrogens is 2. The maximum atomic E-state index is 11.9. The molecule has 0 unspecified atom stereocenters. The number of hydrogen-bond donors (Lipinski definition) is 1. The van der Waals surface area contributed by atoms with Crippen molar-refractivity contribution in [3.05, 3.63) is 28.9 Å². The van der Waals surface area contributed by atoms with Gasteiger partial charge in [-0.2, -0.15) is 0 Å². The number of alkyl halides is 1. The molecule has 15 heavy (non-hydrogen) atoms. The zero-order valence-corrected chi connectivity index (χ0v) is 9.46. The molecule has 2 aromatic rings. The first-order valence-corrected chi connectivity index (χ1v) is 5.31. The Morgan fingerprint density at radius 3 is 3.07 bits per heavy atom. The van der Waals surface area contributed by atoms with Crippen LogP contribution in [0.2, 0.25) is 0 Å². The van der Waals surface area contributed by atoms with E-state index in [9.17, 15) is 4.39 Å². The zero-order valence-electron chi connectivity index (χ0n) is 7.87. The van der Waals surface area contributed by atoms with Crippen molar-refractivity contribution in [1.82, 2.24) is 9.97 Å². The average Bonchev–Trinajstić information content (AvgIpc) is 2.26. The number of anilines is 1. The second kappa shape index (κ2) is 4.53. The van der Waals surface area contributed by atoms with Crippen LogP contribution in [0.5, 0.6) is 0 Å². The highest BCUT2D eigenvalue weighted by atomic mass is 79.9. The Bertz CT molecular complexity index is 475. The lowest BCUT2D eigenvalue weighted by atomic mass is 10.2. The molecule has 1 aromatic carbocycles. The molecule has 1 aromatic heterocycles. The van der Waals surface area contributed by atoms with Gasteiger partial charge in [0.1, 0.15) is 6.67 Å². The third-order valence-electron chi connectivity index (χ3n) is 1.95. The van der Waals surface area contributed by atoms with Crippen molar-refractivity contribution in [1.29, 1.82) is 0 Å². The first-order valence-electron chi connectivity index (χ1n) is 4.52. The summed E-state index contributed by atoms with van der Waals surface area (Å²) in [4.78, 5) is 8.34. The van der Waals surface area contributed by atoms with Gasteiger partial charge in [0.15, 0.2) is 0 Å². The number of nitrogens with one attached hydrogen (secondary N) is 1. The van der Waals surface area contributed by atoms with Crippen molar-refractivity contribution >= 4 is 32.8 Å². The Morgan fingerprint density at radius 2 is 2.27 bits per heavy atom. The standard InChI is InChI=1S/C10H9BrFN3/c11-8-2-1-3-9-7(8)6-14-10(15-9)13-5-4-12/h1-3,6H,4-5H2,(H,13,14,15). The lowest BCUT2D eigenvalue weighted by molar-refractivity contribution is 0.512. The van der Waals surface area contributed by atoms with Gasteiger partial charge < -0.3 is 5.32 Å². The van der Waals surface area contributed by atoms with E-state index in [-0.39, 0.29) is 6.54 Å². The number of fused-ring (bicyclic) bond motifs is 1. The fourth-order valence-corrected chi connectivity index (χ4v) is 1.72. The van der Waals surface area contributed by atoms with E-state index in [1.54, 1.807) is 6.20 Å². The number of halogens is 2. The monoisotopic (exact) mass is 269 g/mol. The summed E-state index contributed by atoms with van der Waals surface area (Å²) >= 11 is 3.41. The molecule has 3 nitrogen and oxygen atoms in total. The first kappa shape index (κ1) is 10.3. The highest BCUT2D eigenvalue weighted by Gasteiger charge is 2.01. The average molecular weight is 270 g/mol. The summed E-state index contributed by atoms with van der Waals surface area (Å²) in [6.45, 7) is -0.195. The summed E-state index contributed by atoms with van der Waals surface area (Å²) in [7, 11) is 0. The van der Waals surface area contributed by atoms with Gasteiger partial charge in [0.2, 0.25) is 5.95 Å². The van der Waals surface area contributed by atoms with Crippen molar-refractivity contribution in [2.45, 2.75) is 0 Å². The summed E-state index contributed by atoms with van der Waals surface area (Å²) in [6.07, 6.45) is 1.72. The summed E-state index contributed by atoms with van der Waals surface area (Å²) in [6, 6.07) is 5.72. The smallest absolute Gasteiger partial charge is 0.223 e. The molecule has 0 amide bonds. The predicted octanol–water partition coefficient (Wildman–Crippen LogP) is 2.77. The summed E-state index contributed by atoms with van der Waals surface area (Å²) in [5.74, 6) is 0.457. The highest BCUT2D eigenvalue weighted by molar-refractivity contribution is 9.10. The molecule has 2 rings (SSSR count). The first-order chi connectivity index (χ1) is 7.31. The van der Waals surface area contributed by atoms with Gasteiger partial charge in [-0.1, -0.05) is 22.0 Å². The molecule has 0 atom stereocenters. The minimum Gasteiger partial charge on any atom is -0.352 e. The van der Waals surface area contributed by atoms with Gasteiger partial charge in [0.25, 0.3) is 0 Å². The number of nitrogens with zero attached hydrogens (tertiary/aromatic N) is 2. The molecule has 0 aliphatic carbocycles. The van der Waals surface area contributed by atoms with Crippen LogP contribution in [-0.4, -0.2) is 23.2 Å². The topological polar surface area (TPSA) is 37.8 Å². The maximum Gasteiger partial charge on any atom is 0.223 e. The number of rotatable bonds is 3. The molecule has 1 N–H and O–H groups in total. The molecular formula is C10H9BrFN3. The summed E-state index contributed by atoms with van der Waals surface area (Å²) in [5, 5.41) is 3.74. The van der Waals surface area contributed by atoms with Crippen LogP contribution in [0.25, 0.3) is 10.9 Å². The lowest BCUT2D eigenvalue weighted by Crippen LogP contribution is -2.06. The van der Waals surface area contributed by atoms with Crippen LogP contribution >= 0.6 is 15.9 Å². The van der Waals surface area contributed by atoms with Crippen molar-refractivity contribution in [3.63, 3.8) is 0 Å². The Kier molecular flexibility index (Phi) is 3.11. The molecule has 78 valence electrons. The van der Waals surface area contributed by atoms with E-state index in [4.69, 9.17) is 0 Å². The van der Waals surface area contributed by atoms with Crippen LogP contribution in [0, 0.1) is 0 Å². The van der Waals surface area contributed by atoms with Gasteiger partial charge in [-0.05, 0) is 12.1 Å². The molecule has 0 fully saturated rings. The van der Waals surface area contributed by atoms with E-state index in [2.05, 4.69) is 31.2 Å². The Hall–Kier alpha value is -1.23. The van der Waals surface area contributed by atoms with Crippen LogP contribution in [0.4, 0.5) is 10.3 Å². The summed E-state index contributed by atoms with van der Waals surface area (Å²) < 4.78 is 12.9. The van der Waals surface area contributed by atoms with Crippen LogP contribution in [0.3, 0.4) is 0 Å². The Morgan fingerprint density at radius 1 is 1.40 bits per heavy atom. The fourth-order valence-electron chi connectivity index (χ4n) is 1.26. The van der Waals surface area contributed by atoms with Gasteiger partial charge in [-0.25, -0.2) is 14.4 Å². The van der Waals surface area contributed by atoms with Gasteiger partial charge in [0.05, 0.1) is 5.52 Å². The van der Waals surface area contributed by atoms with Gasteiger partial charge >= 0.3 is 0 Å². The molecule has 5 heteroatoms. The van der Waals surface area contributed by atoms with E-state index < -0.39 is 6.67 Å². The van der Waals surface area contributed by atoms with Gasteiger partial charge in [-0.3, -0.25) is 0 Å². The largest absolute Gasteiger partial charge is 0.352 e. The third kappa shape index (κ3) is 2.23. The lowest BCUT2D eigenvalue weighted by Gasteiger charge is -2.03. The second-order valence-electron chi connectivity index (χ2n) is 2.98. The van der Waals surface area contributed by atoms with Crippen molar-refractivity contribution in [3.8, 4) is 0 Å². The van der Waals surface area contributed by atoms with E-state index in [1.165, 1.54) is 0 Å². The molecule has 0 bridgehead atoms. The van der Waals surface area contributed by atoms with E-state index in [0.717, 1.165) is 15.4 Å². The Labute approximate surface area is 94.9 Å². The SMILES string of the molecule is FCCNc1ncc2c(Br)cccc2n1. The van der Waals surface area contributed by atoms with Crippen molar-refractivity contribution < 1.29 is 4.39 Å². The van der Waals surface area contributed by atoms with Crippen LogP contribution in [0.1, 0.15) is 0 Å². The van der Waals surface area contributed by atoms with Crippen molar-refractivity contribution in [2.24, 2.45) is 0 Å². The molecule has 1 heterocycles. The molecule has 0 spiro atoms. The highest BCUT2D eigenvalue weighted by Crippen LogP contribution is 2.22. The van der Waals surface area contributed by atoms with Crippen LogP contribution in [0.15, 0.2) is 28.9 Å². The molecule has 0 aliphatic rings. The van der Waals surface area contributed by atoms with E-state index >= 15 is 0 Å². The molecule has 0 aliphatic heterocycles.